The highest BCUT2D eigenvalue weighted by atomic mass is 16.5. The molecule has 1 saturated heterocycles. The third-order valence-electron chi connectivity index (χ3n) is 5.14. The van der Waals surface area contributed by atoms with Crippen molar-refractivity contribution < 1.29 is 14.3 Å². The molecule has 0 spiro atoms. The summed E-state index contributed by atoms with van der Waals surface area (Å²) in [5.41, 5.74) is 1.83. The van der Waals surface area contributed by atoms with Gasteiger partial charge in [0.2, 0.25) is 5.91 Å². The van der Waals surface area contributed by atoms with Gasteiger partial charge >= 0.3 is 0 Å². The number of amides is 1. The second kappa shape index (κ2) is 7.55. The van der Waals surface area contributed by atoms with Gasteiger partial charge in [0.1, 0.15) is 6.10 Å². The van der Waals surface area contributed by atoms with Crippen LogP contribution in [0.3, 0.4) is 0 Å². The molecule has 0 N–H and O–H groups in total. The molecule has 7 nitrogen and oxygen atoms in total. The van der Waals surface area contributed by atoms with Gasteiger partial charge in [0.05, 0.1) is 37.5 Å². The zero-order valence-corrected chi connectivity index (χ0v) is 15.0. The van der Waals surface area contributed by atoms with E-state index >= 15 is 0 Å². The normalized spacial score (nSPS) is 25.3. The van der Waals surface area contributed by atoms with E-state index in [1.165, 1.54) is 0 Å². The second-order valence-corrected chi connectivity index (χ2v) is 6.94. The lowest BCUT2D eigenvalue weighted by Gasteiger charge is -2.31. The minimum absolute atomic E-state index is 0.0596. The maximum absolute atomic E-state index is 12.9. The second-order valence-electron chi connectivity index (χ2n) is 6.94. The summed E-state index contributed by atoms with van der Waals surface area (Å²) in [6, 6.07) is 5.85. The summed E-state index contributed by atoms with van der Waals surface area (Å²) in [7, 11) is 1.86. The molecule has 3 atom stereocenters. The maximum atomic E-state index is 12.9. The minimum atomic E-state index is -0.0922. The SMILES string of the molecule is Cn1ccc(CC(=O)N2CCOC3CCC2C3OCc2cccnc2)n1. The van der Waals surface area contributed by atoms with E-state index in [-0.39, 0.29) is 24.2 Å². The van der Waals surface area contributed by atoms with Crippen molar-refractivity contribution in [3.05, 3.63) is 48.0 Å². The molecule has 138 valence electrons. The van der Waals surface area contributed by atoms with Crippen LogP contribution in [0.25, 0.3) is 0 Å². The summed E-state index contributed by atoms with van der Waals surface area (Å²) >= 11 is 0. The number of fused-ring (bicyclic) bond motifs is 2. The van der Waals surface area contributed by atoms with Gasteiger partial charge in [0.25, 0.3) is 0 Å². The van der Waals surface area contributed by atoms with Crippen molar-refractivity contribution in [3.8, 4) is 0 Å². The third kappa shape index (κ3) is 3.64. The van der Waals surface area contributed by atoms with E-state index in [2.05, 4.69) is 10.1 Å². The molecule has 26 heavy (non-hydrogen) atoms. The molecule has 2 aromatic heterocycles. The molecule has 2 aromatic rings. The standard InChI is InChI=1S/C19H24N4O3/c1-22-8-6-15(21-22)11-18(24)23-9-10-25-17-5-4-16(23)19(17)26-13-14-3-2-7-20-12-14/h2-3,6-8,12,16-17,19H,4-5,9-11,13H2,1H3. The number of pyridine rings is 1. The van der Waals surface area contributed by atoms with Crippen molar-refractivity contribution in [1.29, 1.82) is 0 Å². The highest BCUT2D eigenvalue weighted by Gasteiger charge is 2.44. The number of carbonyl (C=O) groups excluding carboxylic acids is 1. The predicted octanol–water partition coefficient (Wildman–Crippen LogP) is 1.33. The zero-order valence-electron chi connectivity index (χ0n) is 15.0. The molecule has 0 radical (unpaired) electrons. The summed E-state index contributed by atoms with van der Waals surface area (Å²) in [4.78, 5) is 19.0. The minimum Gasteiger partial charge on any atom is -0.374 e. The molecule has 2 aliphatic rings. The fourth-order valence-electron chi connectivity index (χ4n) is 3.91. The molecule has 3 heterocycles. The Bertz CT molecular complexity index is 748. The van der Waals surface area contributed by atoms with Gasteiger partial charge in [0.15, 0.2) is 0 Å². The van der Waals surface area contributed by atoms with Crippen LogP contribution in [0.4, 0.5) is 0 Å². The lowest BCUT2D eigenvalue weighted by atomic mass is 10.1. The van der Waals surface area contributed by atoms with Crippen LogP contribution in [0.2, 0.25) is 0 Å². The van der Waals surface area contributed by atoms with Crippen LogP contribution in [0.5, 0.6) is 0 Å². The monoisotopic (exact) mass is 356 g/mol. The molecule has 0 aromatic carbocycles. The molecular formula is C19H24N4O3. The first kappa shape index (κ1) is 17.2. The van der Waals surface area contributed by atoms with E-state index < -0.39 is 0 Å². The number of carbonyl (C=O) groups is 1. The Morgan fingerprint density at radius 3 is 3.08 bits per heavy atom. The molecule has 1 aliphatic heterocycles. The molecule has 1 saturated carbocycles. The zero-order chi connectivity index (χ0) is 17.9. The van der Waals surface area contributed by atoms with E-state index in [4.69, 9.17) is 9.47 Å². The third-order valence-corrected chi connectivity index (χ3v) is 5.14. The van der Waals surface area contributed by atoms with Crippen molar-refractivity contribution in [1.82, 2.24) is 19.7 Å². The quantitative estimate of drug-likeness (QED) is 0.808. The van der Waals surface area contributed by atoms with E-state index in [1.54, 1.807) is 10.9 Å². The van der Waals surface area contributed by atoms with Crippen molar-refractivity contribution in [2.24, 2.45) is 7.05 Å². The molecule has 2 fully saturated rings. The molecule has 3 unspecified atom stereocenters. The molecule has 4 rings (SSSR count). The van der Waals surface area contributed by atoms with Crippen LogP contribution in [0.15, 0.2) is 36.8 Å². The number of aryl methyl sites for hydroxylation is 1. The predicted molar refractivity (Wildman–Crippen MR) is 94.2 cm³/mol. The van der Waals surface area contributed by atoms with Crippen LogP contribution in [-0.2, 0) is 34.3 Å². The van der Waals surface area contributed by atoms with Crippen LogP contribution in [0.1, 0.15) is 24.1 Å². The van der Waals surface area contributed by atoms with Crippen LogP contribution in [0, 0.1) is 0 Å². The summed E-state index contributed by atoms with van der Waals surface area (Å²) < 4.78 is 13.9. The maximum Gasteiger partial charge on any atom is 0.229 e. The van der Waals surface area contributed by atoms with Crippen molar-refractivity contribution in [2.45, 2.75) is 44.1 Å². The van der Waals surface area contributed by atoms with Gasteiger partial charge in [-0.15, -0.1) is 0 Å². The summed E-state index contributed by atoms with van der Waals surface area (Å²) in [5.74, 6) is 0.0924. The Balaban J connectivity index is 1.44. The van der Waals surface area contributed by atoms with Crippen molar-refractivity contribution in [2.75, 3.05) is 13.2 Å². The Kier molecular flexibility index (Phi) is 4.99. The lowest BCUT2D eigenvalue weighted by Crippen LogP contribution is -2.47. The first-order valence-electron chi connectivity index (χ1n) is 9.11. The first-order chi connectivity index (χ1) is 12.7. The first-order valence-corrected chi connectivity index (χ1v) is 9.11. The highest BCUT2D eigenvalue weighted by Crippen LogP contribution is 2.33. The van der Waals surface area contributed by atoms with E-state index in [0.29, 0.717) is 26.2 Å². The average molecular weight is 356 g/mol. The highest BCUT2D eigenvalue weighted by molar-refractivity contribution is 5.78. The Morgan fingerprint density at radius 2 is 2.31 bits per heavy atom. The van der Waals surface area contributed by atoms with Gasteiger partial charge in [0, 0.05) is 32.2 Å². The van der Waals surface area contributed by atoms with Crippen LogP contribution >= 0.6 is 0 Å². The van der Waals surface area contributed by atoms with E-state index in [1.807, 2.05) is 42.5 Å². The summed E-state index contributed by atoms with van der Waals surface area (Å²) in [6.07, 6.45) is 7.54. The van der Waals surface area contributed by atoms with Gasteiger partial charge in [-0.1, -0.05) is 6.07 Å². The molecule has 1 aliphatic carbocycles. The Morgan fingerprint density at radius 1 is 1.38 bits per heavy atom. The molecule has 7 heteroatoms. The Hall–Kier alpha value is -2.25. The number of nitrogens with zero attached hydrogens (tertiary/aromatic N) is 4. The lowest BCUT2D eigenvalue weighted by molar-refractivity contribution is -0.135. The topological polar surface area (TPSA) is 69.5 Å². The molecule has 1 amide bonds. The van der Waals surface area contributed by atoms with Crippen molar-refractivity contribution >= 4 is 5.91 Å². The fourth-order valence-corrected chi connectivity index (χ4v) is 3.91. The van der Waals surface area contributed by atoms with E-state index in [0.717, 1.165) is 24.1 Å². The average Bonchev–Trinajstić information content (AvgIpc) is 3.16. The fraction of sp³-hybridized carbons (Fsp3) is 0.526. The van der Waals surface area contributed by atoms with Crippen LogP contribution < -0.4 is 0 Å². The summed E-state index contributed by atoms with van der Waals surface area (Å²) in [5, 5.41) is 4.32. The van der Waals surface area contributed by atoms with Crippen molar-refractivity contribution in [3.63, 3.8) is 0 Å². The van der Waals surface area contributed by atoms with Gasteiger partial charge in [-0.3, -0.25) is 14.5 Å². The number of rotatable bonds is 5. The largest absolute Gasteiger partial charge is 0.374 e. The molecular weight excluding hydrogens is 332 g/mol. The van der Waals surface area contributed by atoms with Gasteiger partial charge in [-0.25, -0.2) is 0 Å². The van der Waals surface area contributed by atoms with Gasteiger partial charge in [-0.2, -0.15) is 5.10 Å². The molecule has 2 bridgehead atoms. The number of hydrogen-bond donors (Lipinski definition) is 0. The Labute approximate surface area is 152 Å². The number of aromatic nitrogens is 3. The van der Waals surface area contributed by atoms with E-state index in [9.17, 15) is 4.79 Å². The number of ether oxygens (including phenoxy) is 2. The smallest absolute Gasteiger partial charge is 0.229 e. The van der Waals surface area contributed by atoms with Gasteiger partial charge < -0.3 is 14.4 Å². The van der Waals surface area contributed by atoms with Gasteiger partial charge in [-0.05, 0) is 30.5 Å². The number of hydrogen-bond acceptors (Lipinski definition) is 5. The summed E-state index contributed by atoms with van der Waals surface area (Å²) in [6.45, 7) is 1.65. The van der Waals surface area contributed by atoms with Crippen LogP contribution in [-0.4, -0.2) is 57.0 Å².